The van der Waals surface area contributed by atoms with Crippen molar-refractivity contribution in [2.45, 2.75) is 24.1 Å². The van der Waals surface area contributed by atoms with E-state index < -0.39 is 5.97 Å². The smallest absolute Gasteiger partial charge is 0.345 e. The minimum atomic E-state index is -0.834. The SMILES string of the molecule is CSC1(CNCc2ccc(C(=O)O)s2)CC1. The van der Waals surface area contributed by atoms with Crippen molar-refractivity contribution in [3.8, 4) is 0 Å². The number of carboxylic acids is 1. The summed E-state index contributed by atoms with van der Waals surface area (Å²) in [5.41, 5.74) is 0. The van der Waals surface area contributed by atoms with Crippen molar-refractivity contribution in [3.63, 3.8) is 0 Å². The Kier molecular flexibility index (Phi) is 3.56. The maximum absolute atomic E-state index is 10.7. The maximum atomic E-state index is 10.7. The Balaban J connectivity index is 1.79. The van der Waals surface area contributed by atoms with Gasteiger partial charge in [0.25, 0.3) is 0 Å². The number of carboxylic acid groups (broad SMARTS) is 1. The molecule has 0 aromatic carbocycles. The van der Waals surface area contributed by atoms with Crippen LogP contribution in [-0.2, 0) is 6.54 Å². The Morgan fingerprint density at radius 2 is 2.38 bits per heavy atom. The standard InChI is InChI=1S/C11H15NO2S2/c1-15-11(4-5-11)7-12-6-8-2-3-9(16-8)10(13)14/h2-3,12H,4-7H2,1H3,(H,13,14). The lowest BCUT2D eigenvalue weighted by Crippen LogP contribution is -2.25. The molecule has 0 saturated heterocycles. The van der Waals surface area contributed by atoms with Crippen LogP contribution in [0, 0.1) is 0 Å². The Morgan fingerprint density at radius 1 is 1.62 bits per heavy atom. The molecular weight excluding hydrogens is 242 g/mol. The molecule has 5 heteroatoms. The zero-order chi connectivity index (χ0) is 11.6. The third kappa shape index (κ3) is 2.78. The highest BCUT2D eigenvalue weighted by Crippen LogP contribution is 2.46. The van der Waals surface area contributed by atoms with Crippen LogP contribution in [0.15, 0.2) is 12.1 Å². The fourth-order valence-corrected chi connectivity index (χ4v) is 3.17. The fraction of sp³-hybridized carbons (Fsp3) is 0.545. The van der Waals surface area contributed by atoms with Gasteiger partial charge in [-0.1, -0.05) is 0 Å². The van der Waals surface area contributed by atoms with Crippen LogP contribution in [0.2, 0.25) is 0 Å². The highest BCUT2D eigenvalue weighted by atomic mass is 32.2. The molecule has 2 rings (SSSR count). The van der Waals surface area contributed by atoms with Crippen LogP contribution in [0.1, 0.15) is 27.4 Å². The summed E-state index contributed by atoms with van der Waals surface area (Å²) in [5, 5.41) is 12.2. The molecule has 1 heterocycles. The first-order chi connectivity index (χ1) is 7.65. The molecular formula is C11H15NO2S2. The van der Waals surface area contributed by atoms with Crippen molar-refractivity contribution < 1.29 is 9.90 Å². The first kappa shape index (κ1) is 12.0. The topological polar surface area (TPSA) is 49.3 Å². The van der Waals surface area contributed by atoms with E-state index in [4.69, 9.17) is 5.11 Å². The van der Waals surface area contributed by atoms with E-state index in [1.54, 1.807) is 6.07 Å². The average Bonchev–Trinajstić information content (AvgIpc) is 2.88. The lowest BCUT2D eigenvalue weighted by molar-refractivity contribution is 0.0702. The predicted molar refractivity (Wildman–Crippen MR) is 68.5 cm³/mol. The number of aromatic carboxylic acids is 1. The van der Waals surface area contributed by atoms with Crippen LogP contribution < -0.4 is 5.32 Å². The molecule has 0 bridgehead atoms. The summed E-state index contributed by atoms with van der Waals surface area (Å²) < 4.78 is 0.465. The summed E-state index contributed by atoms with van der Waals surface area (Å²) in [6, 6.07) is 3.56. The zero-order valence-electron chi connectivity index (χ0n) is 9.16. The summed E-state index contributed by atoms with van der Waals surface area (Å²) in [7, 11) is 0. The van der Waals surface area contributed by atoms with Gasteiger partial charge in [0.05, 0.1) is 0 Å². The van der Waals surface area contributed by atoms with Gasteiger partial charge in [-0.15, -0.1) is 11.3 Å². The first-order valence-corrected chi connectivity index (χ1v) is 7.27. The Morgan fingerprint density at radius 3 is 2.88 bits per heavy atom. The molecule has 0 unspecified atom stereocenters. The summed E-state index contributed by atoms with van der Waals surface area (Å²) >= 11 is 3.28. The van der Waals surface area contributed by atoms with Gasteiger partial charge in [0, 0.05) is 22.7 Å². The van der Waals surface area contributed by atoms with Crippen molar-refractivity contribution >= 4 is 29.1 Å². The van der Waals surface area contributed by atoms with Gasteiger partial charge in [0.1, 0.15) is 4.88 Å². The third-order valence-corrected chi connectivity index (χ3v) is 5.35. The molecule has 16 heavy (non-hydrogen) atoms. The second-order valence-corrected chi connectivity index (χ2v) is 6.50. The molecule has 0 radical (unpaired) electrons. The average molecular weight is 257 g/mol. The van der Waals surface area contributed by atoms with Gasteiger partial charge in [-0.3, -0.25) is 0 Å². The van der Waals surface area contributed by atoms with E-state index in [0.29, 0.717) is 9.62 Å². The molecule has 0 spiro atoms. The first-order valence-electron chi connectivity index (χ1n) is 5.23. The van der Waals surface area contributed by atoms with Gasteiger partial charge in [-0.25, -0.2) is 4.79 Å². The third-order valence-electron chi connectivity index (χ3n) is 2.86. The van der Waals surface area contributed by atoms with E-state index in [2.05, 4.69) is 11.6 Å². The van der Waals surface area contributed by atoms with Gasteiger partial charge in [0.15, 0.2) is 0 Å². The fourth-order valence-electron chi connectivity index (χ4n) is 1.59. The van der Waals surface area contributed by atoms with Crippen molar-refractivity contribution in [2.75, 3.05) is 12.8 Å². The second-order valence-electron chi connectivity index (χ2n) is 4.06. The highest BCUT2D eigenvalue weighted by molar-refractivity contribution is 8.00. The summed E-state index contributed by atoms with van der Waals surface area (Å²) in [6.45, 7) is 1.80. The van der Waals surface area contributed by atoms with Crippen LogP contribution in [-0.4, -0.2) is 28.6 Å². The van der Waals surface area contributed by atoms with Crippen LogP contribution in [0.25, 0.3) is 0 Å². The Bertz CT molecular complexity index is 385. The Labute approximate surface area is 103 Å². The van der Waals surface area contributed by atoms with Gasteiger partial charge >= 0.3 is 5.97 Å². The predicted octanol–water partition coefficient (Wildman–Crippen LogP) is 2.43. The van der Waals surface area contributed by atoms with E-state index in [9.17, 15) is 4.79 Å². The molecule has 3 nitrogen and oxygen atoms in total. The molecule has 1 saturated carbocycles. The molecule has 1 aromatic rings. The molecule has 2 N–H and O–H groups in total. The number of thioether (sulfide) groups is 1. The monoisotopic (exact) mass is 257 g/mol. The number of thiophene rings is 1. The van der Waals surface area contributed by atoms with Crippen molar-refractivity contribution in [1.29, 1.82) is 0 Å². The van der Waals surface area contributed by atoms with Crippen molar-refractivity contribution in [2.24, 2.45) is 0 Å². The van der Waals surface area contributed by atoms with Gasteiger partial charge in [-0.05, 0) is 31.2 Å². The van der Waals surface area contributed by atoms with Gasteiger partial charge < -0.3 is 10.4 Å². The molecule has 88 valence electrons. The molecule has 0 amide bonds. The molecule has 0 aliphatic heterocycles. The van der Waals surface area contributed by atoms with Gasteiger partial charge in [-0.2, -0.15) is 11.8 Å². The lowest BCUT2D eigenvalue weighted by atomic mass is 10.4. The lowest BCUT2D eigenvalue weighted by Gasteiger charge is -2.11. The van der Waals surface area contributed by atoms with Crippen LogP contribution in [0.4, 0.5) is 0 Å². The van der Waals surface area contributed by atoms with Crippen LogP contribution >= 0.6 is 23.1 Å². The largest absolute Gasteiger partial charge is 0.477 e. The van der Waals surface area contributed by atoms with Crippen LogP contribution in [0.3, 0.4) is 0 Å². The van der Waals surface area contributed by atoms with E-state index in [0.717, 1.165) is 18.0 Å². The van der Waals surface area contributed by atoms with E-state index >= 15 is 0 Å². The van der Waals surface area contributed by atoms with Crippen molar-refractivity contribution in [3.05, 3.63) is 21.9 Å². The molecule has 1 fully saturated rings. The quantitative estimate of drug-likeness (QED) is 0.822. The van der Waals surface area contributed by atoms with E-state index in [1.807, 2.05) is 17.8 Å². The summed E-state index contributed by atoms with van der Waals surface area (Å²) in [4.78, 5) is 12.2. The number of hydrogen-bond donors (Lipinski definition) is 2. The normalized spacial score (nSPS) is 17.3. The number of hydrogen-bond acceptors (Lipinski definition) is 4. The zero-order valence-corrected chi connectivity index (χ0v) is 10.8. The number of rotatable bonds is 6. The highest BCUT2D eigenvalue weighted by Gasteiger charge is 2.41. The minimum Gasteiger partial charge on any atom is -0.477 e. The maximum Gasteiger partial charge on any atom is 0.345 e. The summed E-state index contributed by atoms with van der Waals surface area (Å²) in [6.07, 6.45) is 4.75. The van der Waals surface area contributed by atoms with E-state index in [-0.39, 0.29) is 0 Å². The summed E-state index contributed by atoms with van der Waals surface area (Å²) in [5.74, 6) is -0.834. The molecule has 1 aliphatic carbocycles. The van der Waals surface area contributed by atoms with E-state index in [1.165, 1.54) is 24.2 Å². The Hall–Kier alpha value is -0.520. The van der Waals surface area contributed by atoms with Gasteiger partial charge in [0.2, 0.25) is 0 Å². The van der Waals surface area contributed by atoms with Crippen LogP contribution in [0.5, 0.6) is 0 Å². The molecule has 1 aliphatic rings. The molecule has 1 aromatic heterocycles. The van der Waals surface area contributed by atoms with Crippen molar-refractivity contribution in [1.82, 2.24) is 5.32 Å². The second kappa shape index (κ2) is 4.77. The number of nitrogens with one attached hydrogen (secondary N) is 1. The molecule has 0 atom stereocenters. The number of carbonyl (C=O) groups is 1. The minimum absolute atomic E-state index is 0.419.